The molecular weight excluding hydrogens is 880 g/mol. The zero-order valence-electron chi connectivity index (χ0n) is 44.1. The highest BCUT2D eigenvalue weighted by Crippen LogP contribution is 2.43. The molecule has 0 heterocycles. The number of hydrogen-bond acceptors (Lipinski definition) is 10. The molecule has 0 fully saturated rings. The highest BCUT2D eigenvalue weighted by atomic mass is 31.2. The first-order valence-corrected chi connectivity index (χ1v) is 29.7. The van der Waals surface area contributed by atoms with Crippen molar-refractivity contribution in [2.24, 2.45) is 0 Å². The second-order valence-corrected chi connectivity index (χ2v) is 20.6. The van der Waals surface area contributed by atoms with E-state index < -0.39 is 57.8 Å². The number of phosphoric ester groups is 1. The fraction of sp³-hybridized carbons (Fsp3) is 0.875. The van der Waals surface area contributed by atoms with E-state index in [0.717, 1.165) is 77.0 Å². The van der Waals surface area contributed by atoms with Crippen LogP contribution in [0.4, 0.5) is 0 Å². The zero-order chi connectivity index (χ0) is 49.9. The molecule has 0 aromatic rings. The van der Waals surface area contributed by atoms with E-state index in [2.05, 4.69) is 45.1 Å². The topological polar surface area (TPSA) is 155 Å². The third-order valence-electron chi connectivity index (χ3n) is 12.4. The normalized spacial score (nSPS) is 13.5. The molecule has 0 radical (unpaired) electrons. The van der Waals surface area contributed by atoms with Crippen LogP contribution in [0.2, 0.25) is 0 Å². The Hall–Kier alpha value is -2.04. The number of carbonyl (C=O) groups is 3. The first kappa shape index (κ1) is 66.0. The molecule has 0 bridgehead atoms. The molecule has 3 unspecified atom stereocenters. The van der Waals surface area contributed by atoms with Crippen LogP contribution in [-0.4, -0.2) is 66.5 Å². The molecule has 3 atom stereocenters. The van der Waals surface area contributed by atoms with Gasteiger partial charge in [-0.25, -0.2) is 4.57 Å². The molecule has 0 amide bonds. The summed E-state index contributed by atoms with van der Waals surface area (Å²) in [6.45, 7) is 4.64. The largest absolute Gasteiger partial charge is 0.472 e. The van der Waals surface area contributed by atoms with Crippen LogP contribution in [0.25, 0.3) is 0 Å². The molecule has 0 aliphatic carbocycles. The Morgan fingerprint density at radius 3 is 1.12 bits per heavy atom. The van der Waals surface area contributed by atoms with Crippen LogP contribution in [0.5, 0.6) is 0 Å². The summed E-state index contributed by atoms with van der Waals surface area (Å²) < 4.78 is 39.4. The lowest BCUT2D eigenvalue weighted by atomic mass is 10.0. The van der Waals surface area contributed by atoms with Crippen molar-refractivity contribution in [1.29, 1.82) is 0 Å². The van der Waals surface area contributed by atoms with Crippen LogP contribution < -0.4 is 0 Å². The maximum Gasteiger partial charge on any atom is 0.472 e. The van der Waals surface area contributed by atoms with Gasteiger partial charge in [-0.3, -0.25) is 23.4 Å². The molecule has 0 aliphatic rings. The van der Waals surface area contributed by atoms with Gasteiger partial charge in [0.1, 0.15) is 12.7 Å². The smallest absolute Gasteiger partial charge is 0.462 e. The molecule has 400 valence electrons. The summed E-state index contributed by atoms with van der Waals surface area (Å²) in [5.41, 5.74) is 0. The molecule has 0 saturated heterocycles. The molecule has 0 aromatic carbocycles. The number of aliphatic hydroxyl groups excluding tert-OH is 1. The molecule has 11 nitrogen and oxygen atoms in total. The third-order valence-corrected chi connectivity index (χ3v) is 13.3. The van der Waals surface area contributed by atoms with Crippen molar-refractivity contribution >= 4 is 25.7 Å². The summed E-state index contributed by atoms with van der Waals surface area (Å²) in [7, 11) is -4.74. The lowest BCUT2D eigenvalue weighted by Crippen LogP contribution is -2.30. The predicted octanol–water partition coefficient (Wildman–Crippen LogP) is 16.3. The first-order chi connectivity index (χ1) is 33.2. The third kappa shape index (κ3) is 49.0. The fourth-order valence-electron chi connectivity index (χ4n) is 8.03. The van der Waals surface area contributed by atoms with Crippen LogP contribution in [0.15, 0.2) is 24.3 Å². The number of aliphatic hydroxyl groups is 1. The van der Waals surface area contributed by atoms with Gasteiger partial charge in [-0.15, -0.1) is 0 Å². The number of hydrogen-bond donors (Lipinski definition) is 2. The van der Waals surface area contributed by atoms with Crippen LogP contribution in [0, 0.1) is 0 Å². The molecule has 0 rings (SSSR count). The van der Waals surface area contributed by atoms with Crippen LogP contribution in [-0.2, 0) is 42.2 Å². The Morgan fingerprint density at radius 2 is 0.721 bits per heavy atom. The summed E-state index contributed by atoms with van der Waals surface area (Å²) in [4.78, 5) is 48.4. The summed E-state index contributed by atoms with van der Waals surface area (Å²) >= 11 is 0. The maximum absolute atomic E-state index is 12.9. The molecule has 0 aliphatic heterocycles. The molecule has 0 spiro atoms. The Labute approximate surface area is 417 Å². The highest BCUT2D eigenvalue weighted by molar-refractivity contribution is 7.47. The number of rotatable bonds is 53. The fourth-order valence-corrected chi connectivity index (χ4v) is 8.82. The summed E-state index contributed by atoms with van der Waals surface area (Å²) in [5, 5.41) is 9.79. The van der Waals surface area contributed by atoms with Gasteiger partial charge < -0.3 is 24.2 Å². The maximum atomic E-state index is 12.9. The summed E-state index contributed by atoms with van der Waals surface area (Å²) in [5.74, 6) is -1.45. The Kier molecular flexibility index (Phi) is 49.8. The molecule has 2 N–H and O–H groups in total. The van der Waals surface area contributed by atoms with Crippen molar-refractivity contribution in [3.05, 3.63) is 24.3 Å². The molecule has 12 heteroatoms. The van der Waals surface area contributed by atoms with Gasteiger partial charge in [0.05, 0.1) is 19.8 Å². The van der Waals surface area contributed by atoms with Gasteiger partial charge in [-0.2, -0.15) is 0 Å². The Morgan fingerprint density at radius 1 is 0.412 bits per heavy atom. The predicted molar refractivity (Wildman–Crippen MR) is 280 cm³/mol. The van der Waals surface area contributed by atoms with Gasteiger partial charge in [-0.1, -0.05) is 231 Å². The van der Waals surface area contributed by atoms with E-state index >= 15 is 0 Å². The monoisotopic (exact) mass is 985 g/mol. The van der Waals surface area contributed by atoms with Gasteiger partial charge in [-0.05, 0) is 51.4 Å². The molecular formula is C56H105O11P. The van der Waals surface area contributed by atoms with Crippen LogP contribution >= 0.6 is 7.82 Å². The van der Waals surface area contributed by atoms with E-state index in [4.69, 9.17) is 23.3 Å². The average Bonchev–Trinajstić information content (AvgIpc) is 3.32. The van der Waals surface area contributed by atoms with E-state index in [1.54, 1.807) is 0 Å². The van der Waals surface area contributed by atoms with E-state index in [1.165, 1.54) is 141 Å². The number of allylic oxidation sites excluding steroid dienone is 4. The number of unbranched alkanes of at least 4 members (excludes halogenated alkanes) is 32. The minimum atomic E-state index is -4.74. The van der Waals surface area contributed by atoms with Crippen molar-refractivity contribution in [3.8, 4) is 0 Å². The lowest BCUT2D eigenvalue weighted by Gasteiger charge is -2.21. The molecule has 68 heavy (non-hydrogen) atoms. The number of carbonyl (C=O) groups excluding carboxylic acids is 3. The van der Waals surface area contributed by atoms with Crippen molar-refractivity contribution < 1.29 is 52.2 Å². The van der Waals surface area contributed by atoms with E-state index in [9.17, 15) is 28.9 Å². The van der Waals surface area contributed by atoms with Gasteiger partial charge in [0.15, 0.2) is 6.10 Å². The summed E-state index contributed by atoms with van der Waals surface area (Å²) in [6.07, 6.45) is 49.9. The lowest BCUT2D eigenvalue weighted by molar-refractivity contribution is -0.161. The van der Waals surface area contributed by atoms with Crippen LogP contribution in [0.3, 0.4) is 0 Å². The summed E-state index contributed by atoms with van der Waals surface area (Å²) in [6, 6.07) is 0. The second-order valence-electron chi connectivity index (χ2n) is 19.1. The minimum absolute atomic E-state index is 0.164. The highest BCUT2D eigenvalue weighted by Gasteiger charge is 2.28. The average molecular weight is 985 g/mol. The molecule has 0 saturated carbocycles. The van der Waals surface area contributed by atoms with E-state index in [0.29, 0.717) is 19.3 Å². The minimum Gasteiger partial charge on any atom is -0.462 e. The van der Waals surface area contributed by atoms with Crippen molar-refractivity contribution in [1.82, 2.24) is 0 Å². The van der Waals surface area contributed by atoms with Crippen molar-refractivity contribution in [2.75, 3.05) is 26.4 Å². The van der Waals surface area contributed by atoms with Gasteiger partial charge in [0.25, 0.3) is 0 Å². The Bertz CT molecular complexity index is 1240. The number of esters is 3. The van der Waals surface area contributed by atoms with Crippen molar-refractivity contribution in [2.45, 2.75) is 290 Å². The van der Waals surface area contributed by atoms with Crippen LogP contribution in [0.1, 0.15) is 278 Å². The SMILES string of the molecule is CCCCC/C=C\C/C=C\CCCCCCCCCC(=O)OC(COC(=O)CCCCCCCCCCCCC)COP(=O)(O)OCC(CO)OC(=O)CCCCCCCCCCCCCCC. The first-order valence-electron chi connectivity index (χ1n) is 28.2. The zero-order valence-corrected chi connectivity index (χ0v) is 45.0. The van der Waals surface area contributed by atoms with Gasteiger partial charge in [0.2, 0.25) is 0 Å². The molecule has 0 aromatic heterocycles. The number of phosphoric acid groups is 1. The standard InChI is InChI=1S/C56H105O11P/c1-4-7-10-13-16-19-22-24-25-26-27-29-32-35-38-41-44-47-56(60)67-53(49-63-54(58)45-42-39-36-33-30-21-18-15-12-9-6-3)51-65-68(61,62)64-50-52(48-57)66-55(59)46-43-40-37-34-31-28-23-20-17-14-11-8-5-2/h16,19,24-25,52-53,57H,4-15,17-18,20-23,26-51H2,1-3H3,(H,61,62)/b19-16-,25-24-. The van der Waals surface area contributed by atoms with Gasteiger partial charge in [0, 0.05) is 19.3 Å². The van der Waals surface area contributed by atoms with Gasteiger partial charge >= 0.3 is 25.7 Å². The Balaban J connectivity index is 4.68. The van der Waals surface area contributed by atoms with E-state index in [1.807, 2.05) is 0 Å². The quantitative estimate of drug-likeness (QED) is 0.0197. The second kappa shape index (κ2) is 51.3. The van der Waals surface area contributed by atoms with E-state index in [-0.39, 0.29) is 25.9 Å². The number of ether oxygens (including phenoxy) is 3. The van der Waals surface area contributed by atoms with Crippen molar-refractivity contribution in [3.63, 3.8) is 0 Å².